The molecule has 2 N–H and O–H groups in total. The zero-order chi connectivity index (χ0) is 18.5. The van der Waals surface area contributed by atoms with E-state index in [1.54, 1.807) is 7.11 Å². The number of carbonyl (C=O) groups is 1. The van der Waals surface area contributed by atoms with Crippen LogP contribution in [0.15, 0.2) is 24.3 Å². The summed E-state index contributed by atoms with van der Waals surface area (Å²) in [4.78, 5) is 14.9. The van der Waals surface area contributed by atoms with E-state index in [2.05, 4.69) is 15.5 Å². The second kappa shape index (κ2) is 8.82. The first kappa shape index (κ1) is 19.1. The van der Waals surface area contributed by atoms with Gasteiger partial charge in [0.25, 0.3) is 5.91 Å². The van der Waals surface area contributed by atoms with Gasteiger partial charge in [0.15, 0.2) is 5.11 Å². The number of carbonyl (C=O) groups excluding carboxylic acids is 1. The molecule has 2 aliphatic heterocycles. The average molecular weight is 376 g/mol. The van der Waals surface area contributed by atoms with Crippen LogP contribution in [-0.2, 0) is 4.74 Å². The molecule has 0 aliphatic carbocycles. The van der Waals surface area contributed by atoms with Gasteiger partial charge in [0.2, 0.25) is 0 Å². The van der Waals surface area contributed by atoms with Gasteiger partial charge in [-0.25, -0.2) is 0 Å². The Hall–Kier alpha value is -1.66. The van der Waals surface area contributed by atoms with Gasteiger partial charge in [-0.3, -0.25) is 4.79 Å². The minimum Gasteiger partial charge on any atom is -0.383 e. The number of piperidine rings is 2. The minimum atomic E-state index is 0.0299. The fourth-order valence-electron chi connectivity index (χ4n) is 4.16. The van der Waals surface area contributed by atoms with E-state index >= 15 is 0 Å². The molecule has 0 unspecified atom stereocenters. The molecule has 2 heterocycles. The van der Waals surface area contributed by atoms with Crippen molar-refractivity contribution in [2.24, 2.45) is 0 Å². The van der Waals surface area contributed by atoms with E-state index in [1.807, 2.05) is 31.2 Å². The third kappa shape index (κ3) is 4.54. The molecule has 0 saturated carbocycles. The molecule has 0 aromatic heterocycles. The van der Waals surface area contributed by atoms with Crippen LogP contribution in [0.3, 0.4) is 0 Å². The van der Waals surface area contributed by atoms with Crippen LogP contribution in [0.25, 0.3) is 0 Å². The lowest BCUT2D eigenvalue weighted by Gasteiger charge is -2.50. The maximum absolute atomic E-state index is 12.6. The predicted molar refractivity (Wildman–Crippen MR) is 107 cm³/mol. The topological polar surface area (TPSA) is 53.6 Å². The molecule has 0 radical (unpaired) electrons. The second-order valence-electron chi connectivity index (χ2n) is 7.38. The van der Waals surface area contributed by atoms with Crippen LogP contribution in [0.4, 0.5) is 0 Å². The smallest absolute Gasteiger partial charge is 0.251 e. The van der Waals surface area contributed by atoms with Crippen molar-refractivity contribution in [1.29, 1.82) is 0 Å². The number of nitrogens with one attached hydrogen (secondary N) is 2. The highest BCUT2D eigenvalue weighted by atomic mass is 32.1. The van der Waals surface area contributed by atoms with Gasteiger partial charge >= 0.3 is 0 Å². The van der Waals surface area contributed by atoms with E-state index in [0.29, 0.717) is 18.7 Å². The number of methoxy groups -OCH3 is 1. The Kier molecular flexibility index (Phi) is 6.48. The summed E-state index contributed by atoms with van der Waals surface area (Å²) in [5, 5.41) is 7.39. The fourth-order valence-corrected chi connectivity index (χ4v) is 4.56. The van der Waals surface area contributed by atoms with E-state index in [0.717, 1.165) is 42.9 Å². The first-order chi connectivity index (χ1) is 12.6. The Bertz CT molecular complexity index is 620. The van der Waals surface area contributed by atoms with Crippen molar-refractivity contribution in [2.75, 3.05) is 20.3 Å². The molecule has 5 nitrogen and oxygen atoms in total. The highest BCUT2D eigenvalue weighted by Gasteiger charge is 2.39. The molecule has 26 heavy (non-hydrogen) atoms. The number of hydrogen-bond donors (Lipinski definition) is 2. The van der Waals surface area contributed by atoms with Gasteiger partial charge in [-0.05, 0) is 63.4 Å². The Morgan fingerprint density at radius 2 is 1.88 bits per heavy atom. The molecule has 1 amide bonds. The van der Waals surface area contributed by atoms with E-state index in [9.17, 15) is 4.79 Å². The van der Waals surface area contributed by atoms with Crippen LogP contribution in [0.2, 0.25) is 0 Å². The standard InChI is InChI=1S/C20H29N3O2S/c1-14-6-8-15(9-7-14)19(24)22-16-12-17-4-3-5-18(13-16)23(17)20(26)21-10-11-25-2/h6-9,16-18H,3-5,10-13H2,1-2H3,(H,21,26)(H,22,24)/t17-,18-/m0/s1. The summed E-state index contributed by atoms with van der Waals surface area (Å²) in [5.41, 5.74) is 1.90. The normalized spacial score (nSPS) is 24.8. The van der Waals surface area contributed by atoms with Gasteiger partial charge in [-0.1, -0.05) is 17.7 Å². The second-order valence-corrected chi connectivity index (χ2v) is 7.77. The minimum absolute atomic E-state index is 0.0299. The van der Waals surface area contributed by atoms with Crippen LogP contribution in [0.1, 0.15) is 48.0 Å². The van der Waals surface area contributed by atoms with Gasteiger partial charge in [-0.15, -0.1) is 0 Å². The fraction of sp³-hybridized carbons (Fsp3) is 0.600. The molecule has 3 rings (SSSR count). The van der Waals surface area contributed by atoms with Crippen molar-refractivity contribution in [3.63, 3.8) is 0 Å². The van der Waals surface area contributed by atoms with Crippen molar-refractivity contribution >= 4 is 23.2 Å². The third-order valence-electron chi connectivity index (χ3n) is 5.44. The number of hydrogen-bond acceptors (Lipinski definition) is 3. The Labute approximate surface area is 161 Å². The Morgan fingerprint density at radius 1 is 1.23 bits per heavy atom. The monoisotopic (exact) mass is 375 g/mol. The van der Waals surface area contributed by atoms with E-state index in [4.69, 9.17) is 17.0 Å². The summed E-state index contributed by atoms with van der Waals surface area (Å²) in [6.45, 7) is 3.42. The van der Waals surface area contributed by atoms with Crippen molar-refractivity contribution < 1.29 is 9.53 Å². The van der Waals surface area contributed by atoms with Gasteiger partial charge in [0.05, 0.1) is 6.61 Å². The lowest BCUT2D eigenvalue weighted by molar-refractivity contribution is 0.0737. The zero-order valence-corrected chi connectivity index (χ0v) is 16.5. The zero-order valence-electron chi connectivity index (χ0n) is 15.7. The number of nitrogens with zero attached hydrogens (tertiary/aromatic N) is 1. The maximum atomic E-state index is 12.6. The number of fused-ring (bicyclic) bond motifs is 2. The molecular weight excluding hydrogens is 346 g/mol. The van der Waals surface area contributed by atoms with Gasteiger partial charge in [-0.2, -0.15) is 0 Å². The van der Waals surface area contributed by atoms with E-state index in [1.165, 1.54) is 12.0 Å². The van der Waals surface area contributed by atoms with Crippen molar-refractivity contribution in [1.82, 2.24) is 15.5 Å². The maximum Gasteiger partial charge on any atom is 0.251 e. The first-order valence-electron chi connectivity index (χ1n) is 9.51. The van der Waals surface area contributed by atoms with Gasteiger partial charge < -0.3 is 20.3 Å². The molecule has 2 bridgehead atoms. The van der Waals surface area contributed by atoms with Gasteiger partial charge in [0.1, 0.15) is 0 Å². The molecule has 142 valence electrons. The largest absolute Gasteiger partial charge is 0.383 e. The number of benzene rings is 1. The predicted octanol–water partition coefficient (Wildman–Crippen LogP) is 2.63. The van der Waals surface area contributed by atoms with Crippen molar-refractivity contribution in [3.05, 3.63) is 35.4 Å². The molecular formula is C20H29N3O2S. The summed E-state index contributed by atoms with van der Waals surface area (Å²) >= 11 is 5.63. The average Bonchev–Trinajstić information content (AvgIpc) is 2.61. The molecule has 2 atom stereocenters. The summed E-state index contributed by atoms with van der Waals surface area (Å²) in [6.07, 6.45) is 5.44. The number of ether oxygens (including phenoxy) is 1. The van der Waals surface area contributed by atoms with Crippen molar-refractivity contribution in [3.8, 4) is 0 Å². The van der Waals surface area contributed by atoms with Crippen LogP contribution in [0, 0.1) is 6.92 Å². The summed E-state index contributed by atoms with van der Waals surface area (Å²) < 4.78 is 5.10. The van der Waals surface area contributed by atoms with Crippen LogP contribution in [0.5, 0.6) is 0 Å². The van der Waals surface area contributed by atoms with E-state index < -0.39 is 0 Å². The Morgan fingerprint density at radius 3 is 2.50 bits per heavy atom. The molecule has 2 saturated heterocycles. The van der Waals surface area contributed by atoms with Crippen LogP contribution < -0.4 is 10.6 Å². The highest BCUT2D eigenvalue weighted by Crippen LogP contribution is 2.34. The molecule has 1 aromatic carbocycles. The highest BCUT2D eigenvalue weighted by molar-refractivity contribution is 7.80. The lowest BCUT2D eigenvalue weighted by atomic mass is 9.82. The number of aryl methyl sites for hydroxylation is 1. The molecule has 0 spiro atoms. The summed E-state index contributed by atoms with van der Waals surface area (Å²) in [5.74, 6) is 0.0299. The van der Waals surface area contributed by atoms with Crippen LogP contribution in [-0.4, -0.2) is 54.3 Å². The number of rotatable bonds is 5. The molecule has 1 aromatic rings. The van der Waals surface area contributed by atoms with Crippen LogP contribution >= 0.6 is 12.2 Å². The first-order valence-corrected chi connectivity index (χ1v) is 9.92. The molecule has 6 heteroatoms. The number of thiocarbonyl (C=S) groups is 1. The quantitative estimate of drug-likeness (QED) is 0.612. The molecule has 2 aliphatic rings. The summed E-state index contributed by atoms with van der Waals surface area (Å²) in [6, 6.07) is 8.80. The molecule has 2 fully saturated rings. The number of amides is 1. The third-order valence-corrected chi connectivity index (χ3v) is 5.80. The lowest BCUT2D eigenvalue weighted by Crippen LogP contribution is -2.61. The Balaban J connectivity index is 1.59. The SMILES string of the molecule is COCCNC(=S)N1[C@H]2CCC[C@H]1CC(NC(=O)c1ccc(C)cc1)C2. The summed E-state index contributed by atoms with van der Waals surface area (Å²) in [7, 11) is 1.70. The van der Waals surface area contributed by atoms with Crippen molar-refractivity contribution in [2.45, 2.75) is 57.2 Å². The van der Waals surface area contributed by atoms with E-state index in [-0.39, 0.29) is 11.9 Å². The van der Waals surface area contributed by atoms with Gasteiger partial charge in [0, 0.05) is 37.3 Å².